The van der Waals surface area contributed by atoms with Crippen LogP contribution in [0.1, 0.15) is 17.3 Å². The van der Waals surface area contributed by atoms with Gasteiger partial charge in [-0.3, -0.25) is 4.79 Å². The lowest BCUT2D eigenvalue weighted by molar-refractivity contribution is 0.101. The molecule has 0 radical (unpaired) electrons. The van der Waals surface area contributed by atoms with E-state index in [1.54, 1.807) is 25.3 Å². The summed E-state index contributed by atoms with van der Waals surface area (Å²) in [5.74, 6) is 1.05. The number of hydrogen-bond donors (Lipinski definition) is 0. The Morgan fingerprint density at radius 2 is 2.00 bits per heavy atom. The Morgan fingerprint density at radius 3 is 2.70 bits per heavy atom. The van der Waals surface area contributed by atoms with Crippen LogP contribution in [-0.2, 0) is 0 Å². The minimum absolute atomic E-state index is 0.00702. The molecule has 2 aromatic carbocycles. The molecular formula is C16H13NO3. The van der Waals surface area contributed by atoms with Crippen LogP contribution in [0.4, 0.5) is 0 Å². The van der Waals surface area contributed by atoms with E-state index in [0.29, 0.717) is 17.2 Å². The Kier molecular flexibility index (Phi) is 2.99. The van der Waals surface area contributed by atoms with Crippen molar-refractivity contribution in [2.24, 2.45) is 0 Å². The van der Waals surface area contributed by atoms with Crippen LogP contribution >= 0.6 is 0 Å². The van der Waals surface area contributed by atoms with E-state index in [1.165, 1.54) is 6.92 Å². The number of aromatic nitrogens is 1. The van der Waals surface area contributed by atoms with Gasteiger partial charge in [-0.2, -0.15) is 0 Å². The Hall–Kier alpha value is -2.62. The molecule has 0 atom stereocenters. The van der Waals surface area contributed by atoms with Gasteiger partial charge in [-0.05, 0) is 31.2 Å². The van der Waals surface area contributed by atoms with Crippen LogP contribution in [0.5, 0.6) is 5.75 Å². The van der Waals surface area contributed by atoms with Crippen molar-refractivity contribution in [1.82, 2.24) is 4.98 Å². The third-order valence-corrected chi connectivity index (χ3v) is 3.13. The highest BCUT2D eigenvalue weighted by molar-refractivity contribution is 5.95. The zero-order valence-electron chi connectivity index (χ0n) is 11.2. The van der Waals surface area contributed by atoms with Crippen molar-refractivity contribution in [3.05, 3.63) is 48.0 Å². The highest BCUT2D eigenvalue weighted by atomic mass is 16.5. The molecule has 0 aliphatic carbocycles. The van der Waals surface area contributed by atoms with Gasteiger partial charge in [-0.25, -0.2) is 4.98 Å². The van der Waals surface area contributed by atoms with Gasteiger partial charge in [0, 0.05) is 5.56 Å². The maximum absolute atomic E-state index is 11.4. The quantitative estimate of drug-likeness (QED) is 0.679. The average molecular weight is 267 g/mol. The van der Waals surface area contributed by atoms with Crippen LogP contribution in [0.15, 0.2) is 46.9 Å². The summed E-state index contributed by atoms with van der Waals surface area (Å²) in [6, 6.07) is 12.8. The number of benzene rings is 2. The van der Waals surface area contributed by atoms with Crippen LogP contribution in [0.25, 0.3) is 22.6 Å². The van der Waals surface area contributed by atoms with Crippen molar-refractivity contribution in [2.45, 2.75) is 6.92 Å². The van der Waals surface area contributed by atoms with Crippen LogP contribution < -0.4 is 4.74 Å². The highest BCUT2D eigenvalue weighted by Gasteiger charge is 2.14. The summed E-state index contributed by atoms with van der Waals surface area (Å²) in [5.41, 5.74) is 2.84. The van der Waals surface area contributed by atoms with Crippen LogP contribution in [0.2, 0.25) is 0 Å². The molecule has 0 bridgehead atoms. The molecule has 100 valence electrons. The number of rotatable bonds is 3. The van der Waals surface area contributed by atoms with Crippen LogP contribution in [0, 0.1) is 0 Å². The number of oxazole rings is 1. The second kappa shape index (κ2) is 4.81. The van der Waals surface area contributed by atoms with E-state index < -0.39 is 0 Å². The molecule has 20 heavy (non-hydrogen) atoms. The van der Waals surface area contributed by atoms with Gasteiger partial charge in [-0.15, -0.1) is 0 Å². The predicted molar refractivity (Wildman–Crippen MR) is 76.0 cm³/mol. The van der Waals surface area contributed by atoms with Gasteiger partial charge in [0.05, 0.1) is 12.7 Å². The molecule has 3 rings (SSSR count). The first-order valence-electron chi connectivity index (χ1n) is 6.24. The second-order valence-electron chi connectivity index (χ2n) is 4.46. The molecule has 0 saturated carbocycles. The number of methoxy groups -OCH3 is 1. The van der Waals surface area contributed by atoms with Gasteiger partial charge in [0.25, 0.3) is 0 Å². The van der Waals surface area contributed by atoms with E-state index in [1.807, 2.05) is 24.3 Å². The van der Waals surface area contributed by atoms with Crippen molar-refractivity contribution in [1.29, 1.82) is 0 Å². The van der Waals surface area contributed by atoms with Gasteiger partial charge in [0.2, 0.25) is 5.89 Å². The smallest absolute Gasteiger partial charge is 0.231 e. The van der Waals surface area contributed by atoms with Crippen molar-refractivity contribution in [3.63, 3.8) is 0 Å². The Morgan fingerprint density at radius 1 is 1.20 bits per heavy atom. The number of ketones is 1. The number of Topliss-reactive ketones (excluding diaryl/α,β-unsaturated/α-hetero) is 1. The molecule has 0 aliphatic heterocycles. The highest BCUT2D eigenvalue weighted by Crippen LogP contribution is 2.32. The molecule has 0 N–H and O–H groups in total. The minimum atomic E-state index is -0.00702. The average Bonchev–Trinajstić information content (AvgIpc) is 2.90. The molecule has 0 fully saturated rings. The summed E-state index contributed by atoms with van der Waals surface area (Å²) in [6.07, 6.45) is 0. The van der Waals surface area contributed by atoms with Gasteiger partial charge >= 0.3 is 0 Å². The number of carbonyl (C=O) groups is 1. The first-order valence-corrected chi connectivity index (χ1v) is 6.24. The molecule has 4 nitrogen and oxygen atoms in total. The summed E-state index contributed by atoms with van der Waals surface area (Å²) in [4.78, 5) is 15.8. The largest absolute Gasteiger partial charge is 0.496 e. The molecule has 0 unspecified atom stereocenters. The lowest BCUT2D eigenvalue weighted by Gasteiger charge is -2.06. The number of carbonyl (C=O) groups excluding carboxylic acids is 1. The molecule has 4 heteroatoms. The zero-order valence-corrected chi connectivity index (χ0v) is 11.2. The number of nitrogens with zero attached hydrogens (tertiary/aromatic N) is 1. The molecule has 1 heterocycles. The van der Waals surface area contributed by atoms with Gasteiger partial charge in [0.15, 0.2) is 11.4 Å². The third kappa shape index (κ3) is 2.05. The van der Waals surface area contributed by atoms with Crippen molar-refractivity contribution >= 4 is 16.9 Å². The molecular weight excluding hydrogens is 254 g/mol. The van der Waals surface area contributed by atoms with Crippen molar-refractivity contribution in [3.8, 4) is 17.2 Å². The Balaban J connectivity index is 2.15. The summed E-state index contributed by atoms with van der Waals surface area (Å²) in [7, 11) is 1.56. The Labute approximate surface area is 116 Å². The number of ether oxygens (including phenoxy) is 1. The van der Waals surface area contributed by atoms with Gasteiger partial charge in [0.1, 0.15) is 11.3 Å². The van der Waals surface area contributed by atoms with Gasteiger partial charge < -0.3 is 9.15 Å². The van der Waals surface area contributed by atoms with Crippen molar-refractivity contribution < 1.29 is 13.9 Å². The van der Waals surface area contributed by atoms with Crippen LogP contribution in [-0.4, -0.2) is 17.9 Å². The Bertz CT molecular complexity index is 756. The fourth-order valence-corrected chi connectivity index (χ4v) is 2.07. The fraction of sp³-hybridized carbons (Fsp3) is 0.125. The van der Waals surface area contributed by atoms with E-state index >= 15 is 0 Å². The maximum Gasteiger partial charge on any atom is 0.231 e. The van der Waals surface area contributed by atoms with Crippen molar-refractivity contribution in [2.75, 3.05) is 7.11 Å². The van der Waals surface area contributed by atoms with E-state index in [9.17, 15) is 4.79 Å². The molecule has 3 aromatic rings. The number of hydrogen-bond acceptors (Lipinski definition) is 4. The second-order valence-corrected chi connectivity index (χ2v) is 4.46. The fourth-order valence-electron chi connectivity index (χ4n) is 2.07. The first kappa shape index (κ1) is 12.4. The topological polar surface area (TPSA) is 52.3 Å². The monoisotopic (exact) mass is 267 g/mol. The zero-order chi connectivity index (χ0) is 14.1. The molecule has 0 amide bonds. The summed E-state index contributed by atoms with van der Waals surface area (Å²) < 4.78 is 11.1. The molecule has 0 saturated heterocycles. The van der Waals surface area contributed by atoms with E-state index in [2.05, 4.69) is 4.98 Å². The lowest BCUT2D eigenvalue weighted by atomic mass is 10.1. The molecule has 0 spiro atoms. The van der Waals surface area contributed by atoms with E-state index in [4.69, 9.17) is 9.15 Å². The third-order valence-electron chi connectivity index (χ3n) is 3.13. The standard InChI is InChI=1S/C16H13NO3/c1-10(18)11-7-8-12(15(9-11)19-2)16-17-13-5-3-4-6-14(13)20-16/h3-9H,1-2H3. The van der Waals surface area contributed by atoms with Crippen LogP contribution in [0.3, 0.4) is 0 Å². The SMILES string of the molecule is COc1cc(C(C)=O)ccc1-c1nc2ccccc2o1. The molecule has 0 aliphatic rings. The summed E-state index contributed by atoms with van der Waals surface area (Å²) >= 11 is 0. The summed E-state index contributed by atoms with van der Waals surface area (Å²) in [6.45, 7) is 1.52. The van der Waals surface area contributed by atoms with E-state index in [-0.39, 0.29) is 5.78 Å². The molecule has 1 aromatic heterocycles. The number of para-hydroxylation sites is 2. The van der Waals surface area contributed by atoms with E-state index in [0.717, 1.165) is 16.7 Å². The normalized spacial score (nSPS) is 10.7. The number of fused-ring (bicyclic) bond motifs is 1. The maximum atomic E-state index is 11.4. The lowest BCUT2D eigenvalue weighted by Crippen LogP contribution is -1.95. The predicted octanol–water partition coefficient (Wildman–Crippen LogP) is 3.71. The summed E-state index contributed by atoms with van der Waals surface area (Å²) in [5, 5.41) is 0. The van der Waals surface area contributed by atoms with Gasteiger partial charge in [-0.1, -0.05) is 18.2 Å². The minimum Gasteiger partial charge on any atom is -0.496 e. The first-order chi connectivity index (χ1) is 9.69.